The number of thiophene rings is 1. The highest BCUT2D eigenvalue weighted by atomic mass is 32.1. The molecule has 4 rings (SSSR count). The molecule has 0 bridgehead atoms. The Labute approximate surface area is 119 Å². The average molecular weight is 292 g/mol. The van der Waals surface area contributed by atoms with E-state index in [-0.39, 0.29) is 17.6 Å². The monoisotopic (exact) mass is 292 g/mol. The van der Waals surface area contributed by atoms with Crippen molar-refractivity contribution in [1.82, 2.24) is 9.55 Å². The lowest BCUT2D eigenvalue weighted by molar-refractivity contribution is -0.145. The number of rotatable bonds is 3. The van der Waals surface area contributed by atoms with Crippen molar-refractivity contribution in [2.45, 2.75) is 25.8 Å². The minimum atomic E-state index is -0.307. The van der Waals surface area contributed by atoms with E-state index in [1.54, 1.807) is 22.2 Å². The predicted octanol–water partition coefficient (Wildman–Crippen LogP) is 0.956. The van der Waals surface area contributed by atoms with Gasteiger partial charge in [0.25, 0.3) is 5.56 Å². The molecule has 5 nitrogen and oxygen atoms in total. The summed E-state index contributed by atoms with van der Waals surface area (Å²) in [5.74, 6) is 0. The van der Waals surface area contributed by atoms with Crippen LogP contribution in [-0.2, 0) is 24.1 Å². The third-order valence-electron chi connectivity index (χ3n) is 4.35. The number of hydrogen-bond acceptors (Lipinski definition) is 5. The smallest absolute Gasteiger partial charge is 0.262 e. The first-order valence-electron chi connectivity index (χ1n) is 6.91. The van der Waals surface area contributed by atoms with Crippen LogP contribution in [-0.4, -0.2) is 34.5 Å². The number of nitrogens with zero attached hydrogens (tertiary/aromatic N) is 2. The number of fused-ring (bicyclic) bond motifs is 3. The van der Waals surface area contributed by atoms with Gasteiger partial charge in [-0.05, 0) is 24.8 Å². The Hall–Kier alpha value is -1.24. The lowest BCUT2D eigenvalue weighted by Crippen LogP contribution is -2.50. The summed E-state index contributed by atoms with van der Waals surface area (Å²) in [6.45, 7) is 1.54. The van der Waals surface area contributed by atoms with Gasteiger partial charge in [0.1, 0.15) is 4.83 Å². The molecule has 1 aliphatic carbocycles. The molecule has 3 heterocycles. The van der Waals surface area contributed by atoms with Crippen LogP contribution in [0.1, 0.15) is 16.9 Å². The lowest BCUT2D eigenvalue weighted by Gasteiger charge is -2.39. The van der Waals surface area contributed by atoms with Crippen LogP contribution in [0, 0.1) is 5.41 Å². The van der Waals surface area contributed by atoms with E-state index in [2.05, 4.69) is 4.98 Å². The molecule has 0 amide bonds. The zero-order valence-corrected chi connectivity index (χ0v) is 11.9. The number of aryl methyl sites for hydroxylation is 2. The van der Waals surface area contributed by atoms with Gasteiger partial charge in [-0.25, -0.2) is 4.98 Å². The van der Waals surface area contributed by atoms with Crippen molar-refractivity contribution >= 4 is 21.6 Å². The Bertz CT molecular complexity index is 724. The van der Waals surface area contributed by atoms with Crippen LogP contribution in [0.25, 0.3) is 10.2 Å². The van der Waals surface area contributed by atoms with Gasteiger partial charge in [0, 0.05) is 11.4 Å². The number of aliphatic hydroxyl groups is 1. The van der Waals surface area contributed by atoms with Gasteiger partial charge >= 0.3 is 0 Å². The fourth-order valence-electron chi connectivity index (χ4n) is 3.12. The summed E-state index contributed by atoms with van der Waals surface area (Å²) < 4.78 is 6.84. The Morgan fingerprint density at radius 1 is 1.45 bits per heavy atom. The summed E-state index contributed by atoms with van der Waals surface area (Å²) in [6.07, 6.45) is 4.82. The standard InChI is InChI=1S/C14H16N2O3S/c17-5-14(6-19-7-14)4-16-8-15-12-11(13(16)18)9-2-1-3-10(9)20-12/h8,17H,1-7H2. The molecule has 6 heteroatoms. The predicted molar refractivity (Wildman–Crippen MR) is 76.2 cm³/mol. The average Bonchev–Trinajstić information content (AvgIpc) is 2.96. The van der Waals surface area contributed by atoms with E-state index in [0.29, 0.717) is 19.8 Å². The van der Waals surface area contributed by atoms with Crippen LogP contribution in [0.15, 0.2) is 11.1 Å². The van der Waals surface area contributed by atoms with Crippen LogP contribution in [0.2, 0.25) is 0 Å². The van der Waals surface area contributed by atoms with E-state index in [0.717, 1.165) is 29.5 Å². The highest BCUT2D eigenvalue weighted by molar-refractivity contribution is 7.18. The number of aliphatic hydroxyl groups excluding tert-OH is 1. The molecule has 0 unspecified atom stereocenters. The molecular weight excluding hydrogens is 276 g/mol. The first kappa shape index (κ1) is 12.5. The van der Waals surface area contributed by atoms with E-state index in [4.69, 9.17) is 4.74 Å². The fraction of sp³-hybridized carbons (Fsp3) is 0.571. The summed E-state index contributed by atoms with van der Waals surface area (Å²) >= 11 is 1.65. The Kier molecular flexibility index (Phi) is 2.73. The van der Waals surface area contributed by atoms with Crippen LogP contribution >= 0.6 is 11.3 Å². The summed E-state index contributed by atoms with van der Waals surface area (Å²) in [6, 6.07) is 0. The molecule has 0 saturated carbocycles. The topological polar surface area (TPSA) is 64.4 Å². The Balaban J connectivity index is 1.81. The third-order valence-corrected chi connectivity index (χ3v) is 5.55. The van der Waals surface area contributed by atoms with E-state index in [9.17, 15) is 9.90 Å². The first-order chi connectivity index (χ1) is 9.72. The van der Waals surface area contributed by atoms with Crippen molar-refractivity contribution in [1.29, 1.82) is 0 Å². The number of aromatic nitrogens is 2. The second kappa shape index (κ2) is 4.38. The normalized spacial score (nSPS) is 20.1. The molecule has 2 aromatic heterocycles. The molecular formula is C14H16N2O3S. The summed E-state index contributed by atoms with van der Waals surface area (Å²) in [4.78, 5) is 19.3. The molecule has 2 aromatic rings. The van der Waals surface area contributed by atoms with Gasteiger partial charge in [0.15, 0.2) is 0 Å². The summed E-state index contributed by atoms with van der Waals surface area (Å²) in [5, 5.41) is 10.3. The van der Waals surface area contributed by atoms with Crippen LogP contribution in [0.4, 0.5) is 0 Å². The van der Waals surface area contributed by atoms with Gasteiger partial charge in [-0.3, -0.25) is 9.36 Å². The van der Waals surface area contributed by atoms with Crippen molar-refractivity contribution < 1.29 is 9.84 Å². The molecule has 106 valence electrons. The van der Waals surface area contributed by atoms with E-state index in [1.165, 1.54) is 10.4 Å². The SMILES string of the molecule is O=c1c2c3c(sc2ncn1CC1(CO)COC1)CCC3. The third kappa shape index (κ3) is 1.68. The largest absolute Gasteiger partial charge is 0.396 e. The van der Waals surface area contributed by atoms with E-state index >= 15 is 0 Å². The van der Waals surface area contributed by atoms with Crippen molar-refractivity contribution in [2.75, 3.05) is 19.8 Å². The molecule has 0 atom stereocenters. The van der Waals surface area contributed by atoms with Crippen molar-refractivity contribution in [3.63, 3.8) is 0 Å². The van der Waals surface area contributed by atoms with Crippen LogP contribution in [0.5, 0.6) is 0 Å². The fourth-order valence-corrected chi connectivity index (χ4v) is 4.34. The van der Waals surface area contributed by atoms with Gasteiger partial charge in [-0.2, -0.15) is 0 Å². The van der Waals surface area contributed by atoms with Gasteiger partial charge in [0.05, 0.1) is 36.9 Å². The summed E-state index contributed by atoms with van der Waals surface area (Å²) in [5.41, 5.74) is 0.937. The maximum atomic E-state index is 12.7. The number of ether oxygens (including phenoxy) is 1. The molecule has 0 spiro atoms. The molecule has 0 radical (unpaired) electrons. The Morgan fingerprint density at radius 2 is 2.30 bits per heavy atom. The van der Waals surface area contributed by atoms with Gasteiger partial charge in [0.2, 0.25) is 0 Å². The van der Waals surface area contributed by atoms with Crippen molar-refractivity contribution in [3.05, 3.63) is 27.1 Å². The molecule has 1 saturated heterocycles. The highest BCUT2D eigenvalue weighted by Gasteiger charge is 2.39. The maximum absolute atomic E-state index is 12.7. The molecule has 0 aromatic carbocycles. The quantitative estimate of drug-likeness (QED) is 0.915. The molecule has 1 aliphatic heterocycles. The molecule has 1 fully saturated rings. The van der Waals surface area contributed by atoms with Gasteiger partial charge in [-0.1, -0.05) is 0 Å². The van der Waals surface area contributed by atoms with Gasteiger partial charge in [-0.15, -0.1) is 11.3 Å². The molecule has 2 aliphatic rings. The van der Waals surface area contributed by atoms with E-state index in [1.807, 2.05) is 0 Å². The van der Waals surface area contributed by atoms with Crippen molar-refractivity contribution in [2.24, 2.45) is 5.41 Å². The summed E-state index contributed by atoms with van der Waals surface area (Å²) in [7, 11) is 0. The van der Waals surface area contributed by atoms with Gasteiger partial charge < -0.3 is 9.84 Å². The minimum absolute atomic E-state index is 0.0362. The minimum Gasteiger partial charge on any atom is -0.396 e. The second-order valence-electron chi connectivity index (χ2n) is 5.87. The Morgan fingerprint density at radius 3 is 3.00 bits per heavy atom. The van der Waals surface area contributed by atoms with Crippen molar-refractivity contribution in [3.8, 4) is 0 Å². The number of hydrogen-bond donors (Lipinski definition) is 1. The maximum Gasteiger partial charge on any atom is 0.262 e. The highest BCUT2D eigenvalue weighted by Crippen LogP contribution is 2.35. The second-order valence-corrected chi connectivity index (χ2v) is 6.95. The molecule has 1 N–H and O–H groups in total. The zero-order valence-electron chi connectivity index (χ0n) is 11.1. The van der Waals surface area contributed by atoms with Crippen LogP contribution in [0.3, 0.4) is 0 Å². The zero-order chi connectivity index (χ0) is 13.7. The molecule has 20 heavy (non-hydrogen) atoms. The lowest BCUT2D eigenvalue weighted by atomic mass is 9.87. The van der Waals surface area contributed by atoms with E-state index < -0.39 is 0 Å². The first-order valence-corrected chi connectivity index (χ1v) is 7.72. The van der Waals surface area contributed by atoms with Crippen LogP contribution < -0.4 is 5.56 Å².